The lowest BCUT2D eigenvalue weighted by molar-refractivity contribution is 0.0391. The molecule has 2 N–H and O–H groups in total. The summed E-state index contributed by atoms with van der Waals surface area (Å²) < 4.78 is 0. The summed E-state index contributed by atoms with van der Waals surface area (Å²) >= 11 is 0. The molecule has 1 aliphatic heterocycles. The summed E-state index contributed by atoms with van der Waals surface area (Å²) in [4.78, 5) is 18.8. The molecular weight excluding hydrogens is 238 g/mol. The van der Waals surface area contributed by atoms with Gasteiger partial charge in [0.1, 0.15) is 5.82 Å². The van der Waals surface area contributed by atoms with E-state index in [-0.39, 0.29) is 5.91 Å². The van der Waals surface area contributed by atoms with Gasteiger partial charge in [-0.25, -0.2) is 4.98 Å². The number of carbonyl (C=O) groups is 1. The summed E-state index contributed by atoms with van der Waals surface area (Å²) in [6.45, 7) is 0.869. The number of piperidine rings is 1. The zero-order valence-corrected chi connectivity index (χ0v) is 11.2. The van der Waals surface area contributed by atoms with Crippen LogP contribution in [0.4, 0.5) is 5.82 Å². The van der Waals surface area contributed by atoms with Gasteiger partial charge in [0.25, 0.3) is 5.91 Å². The van der Waals surface area contributed by atoms with E-state index in [2.05, 4.69) is 9.88 Å². The van der Waals surface area contributed by atoms with Crippen LogP contribution in [0.15, 0.2) is 18.3 Å². The van der Waals surface area contributed by atoms with Crippen LogP contribution < -0.4 is 5.73 Å². The minimum absolute atomic E-state index is 0.0715. The van der Waals surface area contributed by atoms with Crippen LogP contribution in [0.25, 0.3) is 0 Å². The standard InChI is InChI=1S/C15H21N3O/c16-14-12(7-3-9-17-14)15(19)18-10-4-6-11-5-1-2-8-13(11)18/h3,7,9,11,13H,1-2,4-6,8,10H2,(H2,16,17)/t11-,13-/m1/s1. The summed E-state index contributed by atoms with van der Waals surface area (Å²) in [7, 11) is 0. The van der Waals surface area contributed by atoms with Gasteiger partial charge < -0.3 is 10.6 Å². The lowest BCUT2D eigenvalue weighted by Crippen LogP contribution is -2.49. The van der Waals surface area contributed by atoms with Crippen LogP contribution in [0.5, 0.6) is 0 Å². The van der Waals surface area contributed by atoms with Crippen molar-refractivity contribution in [1.29, 1.82) is 0 Å². The molecule has 4 heteroatoms. The Kier molecular flexibility index (Phi) is 3.40. The molecule has 0 radical (unpaired) electrons. The molecule has 2 heterocycles. The minimum atomic E-state index is 0.0715. The second-order valence-electron chi connectivity index (χ2n) is 5.69. The van der Waals surface area contributed by atoms with E-state index >= 15 is 0 Å². The number of nitrogen functional groups attached to an aromatic ring is 1. The van der Waals surface area contributed by atoms with Crippen LogP contribution in [0.2, 0.25) is 0 Å². The second-order valence-corrected chi connectivity index (χ2v) is 5.69. The molecule has 1 amide bonds. The van der Waals surface area contributed by atoms with Gasteiger partial charge in [0.2, 0.25) is 0 Å². The van der Waals surface area contributed by atoms with E-state index in [4.69, 9.17) is 5.73 Å². The highest BCUT2D eigenvalue weighted by molar-refractivity contribution is 5.98. The van der Waals surface area contributed by atoms with E-state index in [1.165, 1.54) is 25.7 Å². The number of hydrogen-bond donors (Lipinski definition) is 1. The van der Waals surface area contributed by atoms with Gasteiger partial charge in [0.15, 0.2) is 0 Å². The zero-order valence-electron chi connectivity index (χ0n) is 11.2. The Bertz CT molecular complexity index is 472. The van der Waals surface area contributed by atoms with Crippen molar-refractivity contribution >= 4 is 11.7 Å². The molecule has 2 aliphatic rings. The van der Waals surface area contributed by atoms with Crippen molar-refractivity contribution in [3.63, 3.8) is 0 Å². The number of aromatic nitrogens is 1. The summed E-state index contributed by atoms with van der Waals surface area (Å²) in [6.07, 6.45) is 9.01. The van der Waals surface area contributed by atoms with Gasteiger partial charge in [-0.1, -0.05) is 12.8 Å². The third-order valence-electron chi connectivity index (χ3n) is 4.57. The summed E-state index contributed by atoms with van der Waals surface area (Å²) in [6, 6.07) is 4.00. The van der Waals surface area contributed by atoms with Gasteiger partial charge in [0.05, 0.1) is 5.56 Å². The Morgan fingerprint density at radius 1 is 1.26 bits per heavy atom. The lowest BCUT2D eigenvalue weighted by Gasteiger charge is -2.44. The number of carbonyl (C=O) groups excluding carboxylic acids is 1. The third-order valence-corrected chi connectivity index (χ3v) is 4.57. The molecule has 1 aromatic rings. The summed E-state index contributed by atoms with van der Waals surface area (Å²) in [5.41, 5.74) is 6.40. The summed E-state index contributed by atoms with van der Waals surface area (Å²) in [5, 5.41) is 0. The topological polar surface area (TPSA) is 59.2 Å². The highest BCUT2D eigenvalue weighted by Gasteiger charge is 2.36. The zero-order chi connectivity index (χ0) is 13.2. The van der Waals surface area contributed by atoms with E-state index in [0.717, 1.165) is 19.4 Å². The van der Waals surface area contributed by atoms with E-state index in [9.17, 15) is 4.79 Å². The van der Waals surface area contributed by atoms with E-state index in [0.29, 0.717) is 23.3 Å². The average molecular weight is 259 g/mol. The Balaban J connectivity index is 1.84. The van der Waals surface area contributed by atoms with Crippen molar-refractivity contribution in [2.24, 2.45) is 5.92 Å². The van der Waals surface area contributed by atoms with Gasteiger partial charge in [-0.05, 0) is 43.7 Å². The van der Waals surface area contributed by atoms with E-state index < -0.39 is 0 Å². The number of nitrogens with zero attached hydrogens (tertiary/aromatic N) is 2. The molecule has 2 fully saturated rings. The molecule has 0 aromatic carbocycles. The fraction of sp³-hybridized carbons (Fsp3) is 0.600. The smallest absolute Gasteiger partial charge is 0.257 e. The SMILES string of the molecule is Nc1ncccc1C(=O)N1CCC[C@H]2CCCC[C@H]21. The van der Waals surface area contributed by atoms with Crippen LogP contribution >= 0.6 is 0 Å². The Labute approximate surface area is 114 Å². The monoisotopic (exact) mass is 259 g/mol. The first kappa shape index (κ1) is 12.5. The Hall–Kier alpha value is -1.58. The quantitative estimate of drug-likeness (QED) is 0.842. The number of hydrogen-bond acceptors (Lipinski definition) is 3. The first-order chi connectivity index (χ1) is 9.27. The molecule has 1 saturated heterocycles. The van der Waals surface area contributed by atoms with Gasteiger partial charge in [0, 0.05) is 18.8 Å². The molecule has 1 aromatic heterocycles. The van der Waals surface area contributed by atoms with Crippen LogP contribution in [0.3, 0.4) is 0 Å². The predicted molar refractivity (Wildman–Crippen MR) is 74.7 cm³/mol. The van der Waals surface area contributed by atoms with Crippen molar-refractivity contribution in [3.8, 4) is 0 Å². The molecule has 1 aliphatic carbocycles. The van der Waals surface area contributed by atoms with Crippen molar-refractivity contribution in [3.05, 3.63) is 23.9 Å². The van der Waals surface area contributed by atoms with Crippen molar-refractivity contribution in [1.82, 2.24) is 9.88 Å². The van der Waals surface area contributed by atoms with Crippen molar-refractivity contribution in [2.45, 2.75) is 44.6 Å². The van der Waals surface area contributed by atoms with Gasteiger partial charge >= 0.3 is 0 Å². The second kappa shape index (κ2) is 5.19. The first-order valence-electron chi connectivity index (χ1n) is 7.29. The van der Waals surface area contributed by atoms with Gasteiger partial charge in [-0.3, -0.25) is 4.79 Å². The first-order valence-corrected chi connectivity index (χ1v) is 7.29. The van der Waals surface area contributed by atoms with Crippen LogP contribution in [0, 0.1) is 5.92 Å². The molecule has 4 nitrogen and oxygen atoms in total. The van der Waals surface area contributed by atoms with E-state index in [1.807, 2.05) is 0 Å². The number of rotatable bonds is 1. The highest BCUT2D eigenvalue weighted by atomic mass is 16.2. The van der Waals surface area contributed by atoms with Crippen molar-refractivity contribution in [2.75, 3.05) is 12.3 Å². The number of pyridine rings is 1. The maximum Gasteiger partial charge on any atom is 0.257 e. The fourth-order valence-electron chi connectivity index (χ4n) is 3.63. The van der Waals surface area contributed by atoms with Gasteiger partial charge in [-0.2, -0.15) is 0 Å². The van der Waals surface area contributed by atoms with Gasteiger partial charge in [-0.15, -0.1) is 0 Å². The van der Waals surface area contributed by atoms with Crippen LogP contribution in [-0.2, 0) is 0 Å². The number of fused-ring (bicyclic) bond motifs is 1. The normalized spacial score (nSPS) is 26.8. The maximum absolute atomic E-state index is 12.7. The van der Waals surface area contributed by atoms with Crippen LogP contribution in [-0.4, -0.2) is 28.4 Å². The number of likely N-dealkylation sites (tertiary alicyclic amines) is 1. The Morgan fingerprint density at radius 3 is 2.89 bits per heavy atom. The fourth-order valence-corrected chi connectivity index (χ4v) is 3.63. The average Bonchev–Trinajstić information content (AvgIpc) is 2.46. The highest BCUT2D eigenvalue weighted by Crippen LogP contribution is 2.36. The molecule has 1 saturated carbocycles. The number of amides is 1. The number of anilines is 1. The molecule has 0 spiro atoms. The minimum Gasteiger partial charge on any atom is -0.383 e. The summed E-state index contributed by atoms with van der Waals surface area (Å²) in [5.74, 6) is 1.12. The molecule has 3 rings (SSSR count). The maximum atomic E-state index is 12.7. The largest absolute Gasteiger partial charge is 0.383 e. The number of nitrogens with two attached hydrogens (primary N) is 1. The Morgan fingerprint density at radius 2 is 2.05 bits per heavy atom. The molecule has 19 heavy (non-hydrogen) atoms. The third kappa shape index (κ3) is 2.31. The predicted octanol–water partition coefficient (Wildman–Crippen LogP) is 2.46. The molecule has 2 atom stereocenters. The molecule has 0 unspecified atom stereocenters. The molecule has 102 valence electrons. The van der Waals surface area contributed by atoms with E-state index in [1.54, 1.807) is 18.3 Å². The van der Waals surface area contributed by atoms with Crippen molar-refractivity contribution < 1.29 is 4.79 Å². The molecule has 0 bridgehead atoms. The lowest BCUT2D eigenvalue weighted by atomic mass is 9.78. The van der Waals surface area contributed by atoms with Crippen LogP contribution in [0.1, 0.15) is 48.9 Å². The molecular formula is C15H21N3O.